The Hall–Kier alpha value is -0.900. The molecule has 0 radical (unpaired) electrons. The maximum absolute atomic E-state index is 6.74. The number of benzene rings is 1. The van der Waals surface area contributed by atoms with Crippen molar-refractivity contribution in [3.8, 4) is 0 Å². The molecule has 22 heavy (non-hydrogen) atoms. The lowest BCUT2D eigenvalue weighted by Gasteiger charge is -2.48. The van der Waals surface area contributed by atoms with E-state index in [1.54, 1.807) is 0 Å². The lowest BCUT2D eigenvalue weighted by molar-refractivity contribution is -0.234. The largest absolute Gasteiger partial charge is 0.375 e. The number of likely N-dealkylation sites (N-methyl/N-ethyl adjacent to an activating group) is 1. The summed E-state index contributed by atoms with van der Waals surface area (Å²) in [6.07, 6.45) is 6.68. The minimum atomic E-state index is -0.249. The molecule has 0 N–H and O–H groups in total. The molecular weight excluding hydrogens is 274 g/mol. The van der Waals surface area contributed by atoms with Gasteiger partial charge in [0.1, 0.15) is 5.60 Å². The van der Waals surface area contributed by atoms with E-state index >= 15 is 0 Å². The van der Waals surface area contributed by atoms with Gasteiger partial charge in [-0.05, 0) is 38.4 Å². The number of nitrogens with zero attached hydrogens (tertiary/aromatic N) is 1. The number of rotatable bonds is 4. The highest BCUT2D eigenvalue weighted by Crippen LogP contribution is 2.44. The zero-order chi connectivity index (χ0) is 15.4. The van der Waals surface area contributed by atoms with E-state index in [1.807, 2.05) is 0 Å². The molecule has 1 saturated carbocycles. The molecule has 1 aromatic carbocycles. The van der Waals surface area contributed by atoms with Crippen LogP contribution in [0.3, 0.4) is 0 Å². The van der Waals surface area contributed by atoms with E-state index in [0.717, 1.165) is 6.54 Å². The predicted octanol–water partition coefficient (Wildman–Crippen LogP) is 3.44. The third kappa shape index (κ3) is 3.37. The van der Waals surface area contributed by atoms with Crippen molar-refractivity contribution in [3.63, 3.8) is 0 Å². The van der Waals surface area contributed by atoms with Gasteiger partial charge in [0, 0.05) is 6.54 Å². The topological polar surface area (TPSA) is 21.7 Å². The fraction of sp³-hybridized carbons (Fsp3) is 0.684. The minimum absolute atomic E-state index is 0.158. The van der Waals surface area contributed by atoms with Gasteiger partial charge in [0.15, 0.2) is 0 Å². The van der Waals surface area contributed by atoms with Crippen LogP contribution < -0.4 is 0 Å². The first-order valence-electron chi connectivity index (χ1n) is 8.66. The molecular formula is C19H29NO2. The first kappa shape index (κ1) is 16.0. The van der Waals surface area contributed by atoms with Crippen LogP contribution in [0, 0.1) is 5.92 Å². The summed E-state index contributed by atoms with van der Waals surface area (Å²) in [4.78, 5) is 2.19. The van der Waals surface area contributed by atoms with Gasteiger partial charge in [0.05, 0.1) is 19.3 Å². The van der Waals surface area contributed by atoms with Crippen molar-refractivity contribution >= 4 is 0 Å². The van der Waals surface area contributed by atoms with Gasteiger partial charge >= 0.3 is 0 Å². The smallest absolute Gasteiger partial charge is 0.120 e. The van der Waals surface area contributed by atoms with Crippen LogP contribution in [0.5, 0.6) is 0 Å². The van der Waals surface area contributed by atoms with E-state index < -0.39 is 0 Å². The molecule has 1 aliphatic heterocycles. The highest BCUT2D eigenvalue weighted by Gasteiger charge is 2.46. The highest BCUT2D eigenvalue weighted by atomic mass is 16.6. The third-order valence-electron chi connectivity index (χ3n) is 5.09. The maximum atomic E-state index is 6.74. The van der Waals surface area contributed by atoms with Gasteiger partial charge in [0.25, 0.3) is 0 Å². The number of hydrogen-bond donors (Lipinski definition) is 0. The Labute approximate surface area is 134 Å². The molecule has 3 nitrogen and oxygen atoms in total. The summed E-state index contributed by atoms with van der Waals surface area (Å²) in [7, 11) is 4.20. The summed E-state index contributed by atoms with van der Waals surface area (Å²) in [6, 6.07) is 10.8. The van der Waals surface area contributed by atoms with E-state index in [4.69, 9.17) is 9.47 Å². The first-order valence-corrected chi connectivity index (χ1v) is 8.66. The molecule has 2 atom stereocenters. The van der Waals surface area contributed by atoms with Crippen molar-refractivity contribution in [2.45, 2.75) is 43.8 Å². The summed E-state index contributed by atoms with van der Waals surface area (Å²) in [6.45, 7) is 2.33. The Morgan fingerprint density at radius 1 is 1.09 bits per heavy atom. The molecule has 1 saturated heterocycles. The van der Waals surface area contributed by atoms with Crippen molar-refractivity contribution in [2.75, 3.05) is 33.9 Å². The average Bonchev–Trinajstić information content (AvgIpc) is 2.56. The molecule has 0 unspecified atom stereocenters. The second-order valence-corrected chi connectivity index (χ2v) is 7.11. The number of ether oxygens (including phenoxy) is 2. The van der Waals surface area contributed by atoms with Gasteiger partial charge < -0.3 is 14.4 Å². The van der Waals surface area contributed by atoms with Crippen LogP contribution in [0.4, 0.5) is 0 Å². The van der Waals surface area contributed by atoms with Crippen LogP contribution in [0.25, 0.3) is 0 Å². The molecule has 1 aromatic rings. The second-order valence-electron chi connectivity index (χ2n) is 7.11. The Morgan fingerprint density at radius 2 is 1.82 bits per heavy atom. The van der Waals surface area contributed by atoms with Gasteiger partial charge in [-0.15, -0.1) is 0 Å². The van der Waals surface area contributed by atoms with Crippen molar-refractivity contribution in [3.05, 3.63) is 35.9 Å². The molecule has 0 spiro atoms. The van der Waals surface area contributed by atoms with Gasteiger partial charge in [-0.3, -0.25) is 0 Å². The summed E-state index contributed by atoms with van der Waals surface area (Å²) in [5.74, 6) is 0.577. The van der Waals surface area contributed by atoms with Gasteiger partial charge in [-0.1, -0.05) is 49.6 Å². The van der Waals surface area contributed by atoms with Crippen molar-refractivity contribution in [2.24, 2.45) is 5.92 Å². The van der Waals surface area contributed by atoms with Crippen LogP contribution in [0.1, 0.15) is 37.7 Å². The third-order valence-corrected chi connectivity index (χ3v) is 5.09. The SMILES string of the molecule is CN(C)C[C@@H]1COC[C@](c2ccccc2)(C2CCCCC2)O1. The molecule has 2 fully saturated rings. The van der Waals surface area contributed by atoms with Crippen LogP contribution in [0.15, 0.2) is 30.3 Å². The Bertz CT molecular complexity index is 456. The van der Waals surface area contributed by atoms with E-state index in [-0.39, 0.29) is 11.7 Å². The summed E-state index contributed by atoms with van der Waals surface area (Å²) in [5, 5.41) is 0. The van der Waals surface area contributed by atoms with Crippen LogP contribution in [-0.2, 0) is 15.1 Å². The van der Waals surface area contributed by atoms with Crippen molar-refractivity contribution in [1.29, 1.82) is 0 Å². The molecule has 0 amide bonds. The lowest BCUT2D eigenvalue weighted by atomic mass is 9.73. The molecule has 0 aromatic heterocycles. The molecule has 0 bridgehead atoms. The Balaban J connectivity index is 1.88. The van der Waals surface area contributed by atoms with E-state index in [9.17, 15) is 0 Å². The van der Waals surface area contributed by atoms with Crippen molar-refractivity contribution in [1.82, 2.24) is 4.90 Å². The van der Waals surface area contributed by atoms with Crippen LogP contribution >= 0.6 is 0 Å². The summed E-state index contributed by atoms with van der Waals surface area (Å²) >= 11 is 0. The van der Waals surface area contributed by atoms with Crippen LogP contribution in [0.2, 0.25) is 0 Å². The average molecular weight is 303 g/mol. The van der Waals surface area contributed by atoms with Crippen LogP contribution in [-0.4, -0.2) is 44.9 Å². The molecule has 3 heteroatoms. The zero-order valence-electron chi connectivity index (χ0n) is 14.0. The standard InChI is InChI=1S/C19H29NO2/c1-20(2)13-18-14-21-15-19(22-18,16-9-5-3-6-10-16)17-11-7-4-8-12-17/h3,5-6,9-10,17-18H,4,7-8,11-15H2,1-2H3/t18-,19+/m1/s1. The summed E-state index contributed by atoms with van der Waals surface area (Å²) < 4.78 is 12.8. The molecule has 122 valence electrons. The van der Waals surface area contributed by atoms with Gasteiger partial charge in [-0.2, -0.15) is 0 Å². The van der Waals surface area contributed by atoms with E-state index in [2.05, 4.69) is 49.3 Å². The highest BCUT2D eigenvalue weighted by molar-refractivity contribution is 5.25. The molecule has 3 rings (SSSR count). The molecule has 2 aliphatic rings. The van der Waals surface area contributed by atoms with Gasteiger partial charge in [-0.25, -0.2) is 0 Å². The quantitative estimate of drug-likeness (QED) is 0.850. The second kappa shape index (κ2) is 7.12. The van der Waals surface area contributed by atoms with Gasteiger partial charge in [0.2, 0.25) is 0 Å². The fourth-order valence-electron chi connectivity index (χ4n) is 4.10. The van der Waals surface area contributed by atoms with E-state index in [0.29, 0.717) is 19.1 Å². The Kier molecular flexibility index (Phi) is 5.17. The maximum Gasteiger partial charge on any atom is 0.120 e. The fourth-order valence-corrected chi connectivity index (χ4v) is 4.10. The first-order chi connectivity index (χ1) is 10.7. The molecule has 1 heterocycles. The summed E-state index contributed by atoms with van der Waals surface area (Å²) in [5.41, 5.74) is 1.05. The minimum Gasteiger partial charge on any atom is -0.375 e. The number of hydrogen-bond acceptors (Lipinski definition) is 3. The molecule has 1 aliphatic carbocycles. The predicted molar refractivity (Wildman–Crippen MR) is 88.9 cm³/mol. The normalized spacial score (nSPS) is 30.6. The zero-order valence-corrected chi connectivity index (χ0v) is 14.0. The Morgan fingerprint density at radius 3 is 2.50 bits per heavy atom. The van der Waals surface area contributed by atoms with Crippen molar-refractivity contribution < 1.29 is 9.47 Å². The monoisotopic (exact) mass is 303 g/mol. The lowest BCUT2D eigenvalue weighted by Crippen LogP contribution is -2.52. The van der Waals surface area contributed by atoms with E-state index in [1.165, 1.54) is 37.7 Å².